The van der Waals surface area contributed by atoms with Crippen LogP contribution in [0.5, 0.6) is 0 Å². The highest BCUT2D eigenvalue weighted by molar-refractivity contribution is 5.62. The van der Waals surface area contributed by atoms with Gasteiger partial charge in [-0.05, 0) is 18.4 Å². The van der Waals surface area contributed by atoms with Crippen LogP contribution in [0.3, 0.4) is 0 Å². The first kappa shape index (κ1) is 11.0. The number of nitrogen functional groups attached to an aromatic ring is 1. The number of aromatic nitrogens is 2. The van der Waals surface area contributed by atoms with Crippen molar-refractivity contribution in [1.29, 1.82) is 0 Å². The third-order valence-corrected chi connectivity index (χ3v) is 3.17. The van der Waals surface area contributed by atoms with E-state index in [1.54, 1.807) is 12.5 Å². The molecule has 0 radical (unpaired) electrons. The number of hydrogen-bond donors (Lipinski definition) is 1. The summed E-state index contributed by atoms with van der Waals surface area (Å²) < 4.78 is 0. The van der Waals surface area contributed by atoms with E-state index >= 15 is 0 Å². The fourth-order valence-electron chi connectivity index (χ4n) is 2.12. The van der Waals surface area contributed by atoms with Crippen molar-refractivity contribution < 1.29 is 0 Å². The van der Waals surface area contributed by atoms with Gasteiger partial charge in [-0.15, -0.1) is 0 Å². The fourth-order valence-corrected chi connectivity index (χ4v) is 2.12. The minimum Gasteiger partial charge on any atom is -0.394 e. The molecule has 1 aliphatic rings. The first-order valence-electron chi connectivity index (χ1n) is 6.20. The summed E-state index contributed by atoms with van der Waals surface area (Å²) in [5.74, 6) is 0.858. The van der Waals surface area contributed by atoms with Crippen molar-refractivity contribution >= 4 is 11.5 Å². The van der Waals surface area contributed by atoms with Crippen LogP contribution in [0, 0.1) is 0 Å². The van der Waals surface area contributed by atoms with Crippen LogP contribution in [-0.4, -0.2) is 16.0 Å². The molecule has 0 aliphatic heterocycles. The zero-order valence-corrected chi connectivity index (χ0v) is 10.2. The van der Waals surface area contributed by atoms with Gasteiger partial charge in [0.2, 0.25) is 0 Å². The van der Waals surface area contributed by atoms with Crippen molar-refractivity contribution in [2.75, 3.05) is 10.6 Å². The van der Waals surface area contributed by atoms with E-state index in [0.29, 0.717) is 11.7 Å². The third kappa shape index (κ3) is 2.27. The molecule has 0 saturated heterocycles. The summed E-state index contributed by atoms with van der Waals surface area (Å²) >= 11 is 0. The van der Waals surface area contributed by atoms with E-state index in [-0.39, 0.29) is 0 Å². The minimum atomic E-state index is 0.572. The maximum Gasteiger partial charge on any atom is 0.155 e. The molecular weight excluding hydrogens is 224 g/mol. The molecule has 1 saturated carbocycles. The molecule has 4 nitrogen and oxygen atoms in total. The lowest BCUT2D eigenvalue weighted by atomic mass is 10.2. The van der Waals surface area contributed by atoms with Crippen molar-refractivity contribution in [2.24, 2.45) is 0 Å². The van der Waals surface area contributed by atoms with E-state index < -0.39 is 0 Å². The van der Waals surface area contributed by atoms with Gasteiger partial charge < -0.3 is 10.6 Å². The van der Waals surface area contributed by atoms with E-state index in [9.17, 15) is 0 Å². The summed E-state index contributed by atoms with van der Waals surface area (Å²) in [4.78, 5) is 10.6. The van der Waals surface area contributed by atoms with E-state index in [1.807, 2.05) is 6.07 Å². The number of benzene rings is 1. The van der Waals surface area contributed by atoms with Crippen LogP contribution in [0.4, 0.5) is 11.5 Å². The van der Waals surface area contributed by atoms with Gasteiger partial charge >= 0.3 is 0 Å². The topological polar surface area (TPSA) is 55.0 Å². The van der Waals surface area contributed by atoms with Crippen molar-refractivity contribution in [3.05, 3.63) is 48.4 Å². The number of nitrogens with two attached hydrogens (primary N) is 1. The maximum atomic E-state index is 5.97. The van der Waals surface area contributed by atoms with Gasteiger partial charge in [-0.25, -0.2) is 9.97 Å². The molecule has 18 heavy (non-hydrogen) atoms. The van der Waals surface area contributed by atoms with Crippen LogP contribution < -0.4 is 10.6 Å². The van der Waals surface area contributed by atoms with Crippen molar-refractivity contribution in [3.63, 3.8) is 0 Å². The van der Waals surface area contributed by atoms with Crippen LogP contribution in [0.25, 0.3) is 0 Å². The van der Waals surface area contributed by atoms with E-state index in [4.69, 9.17) is 5.73 Å². The Labute approximate surface area is 106 Å². The molecule has 0 atom stereocenters. The average molecular weight is 240 g/mol. The molecule has 0 bridgehead atoms. The average Bonchev–Trinajstić information content (AvgIpc) is 3.23. The van der Waals surface area contributed by atoms with Crippen LogP contribution in [0.1, 0.15) is 18.4 Å². The summed E-state index contributed by atoms with van der Waals surface area (Å²) in [6, 6.07) is 11.0. The summed E-state index contributed by atoms with van der Waals surface area (Å²) in [7, 11) is 0. The fraction of sp³-hybridized carbons (Fsp3) is 0.286. The molecule has 0 amide bonds. The highest BCUT2D eigenvalue weighted by atomic mass is 15.2. The molecule has 2 N–H and O–H groups in total. The maximum absolute atomic E-state index is 5.97. The predicted molar refractivity (Wildman–Crippen MR) is 72.1 cm³/mol. The number of rotatable bonds is 4. The van der Waals surface area contributed by atoms with Gasteiger partial charge in [0.15, 0.2) is 5.82 Å². The summed E-state index contributed by atoms with van der Waals surface area (Å²) in [5.41, 5.74) is 7.91. The monoisotopic (exact) mass is 240 g/mol. The molecule has 1 fully saturated rings. The van der Waals surface area contributed by atoms with Crippen molar-refractivity contribution in [1.82, 2.24) is 9.97 Å². The lowest BCUT2D eigenvalue weighted by Crippen LogP contribution is -2.27. The number of nitrogens with zero attached hydrogens (tertiary/aromatic N) is 3. The Morgan fingerprint density at radius 3 is 2.67 bits per heavy atom. The Bertz CT molecular complexity index is 522. The zero-order chi connectivity index (χ0) is 12.4. The van der Waals surface area contributed by atoms with Crippen molar-refractivity contribution in [3.8, 4) is 0 Å². The smallest absolute Gasteiger partial charge is 0.155 e. The van der Waals surface area contributed by atoms with Crippen LogP contribution >= 0.6 is 0 Å². The van der Waals surface area contributed by atoms with Crippen LogP contribution in [-0.2, 0) is 6.54 Å². The summed E-state index contributed by atoms with van der Waals surface area (Å²) in [6.45, 7) is 0.854. The molecule has 0 spiro atoms. The highest BCUT2D eigenvalue weighted by Gasteiger charge is 2.31. The molecule has 2 aromatic rings. The van der Waals surface area contributed by atoms with Gasteiger partial charge in [0, 0.05) is 12.6 Å². The van der Waals surface area contributed by atoms with Crippen LogP contribution in [0.15, 0.2) is 42.9 Å². The van der Waals surface area contributed by atoms with Crippen molar-refractivity contribution in [2.45, 2.75) is 25.4 Å². The normalized spacial score (nSPS) is 14.4. The quantitative estimate of drug-likeness (QED) is 0.890. The predicted octanol–water partition coefficient (Wildman–Crippen LogP) is 2.23. The van der Waals surface area contributed by atoms with Gasteiger partial charge in [0.25, 0.3) is 0 Å². The summed E-state index contributed by atoms with van der Waals surface area (Å²) in [5, 5.41) is 0. The molecule has 0 unspecified atom stereocenters. The van der Waals surface area contributed by atoms with Gasteiger partial charge in [-0.3, -0.25) is 0 Å². The lowest BCUT2D eigenvalue weighted by Gasteiger charge is -2.24. The summed E-state index contributed by atoms with van der Waals surface area (Å²) in [6.07, 6.45) is 5.67. The molecule has 92 valence electrons. The van der Waals surface area contributed by atoms with Gasteiger partial charge in [-0.2, -0.15) is 0 Å². The molecule has 1 aromatic carbocycles. The minimum absolute atomic E-state index is 0.572. The molecule has 4 heteroatoms. The Morgan fingerprint density at radius 2 is 2.00 bits per heavy atom. The third-order valence-electron chi connectivity index (χ3n) is 3.17. The molecule has 1 aliphatic carbocycles. The first-order chi connectivity index (χ1) is 8.84. The second-order valence-electron chi connectivity index (χ2n) is 4.65. The zero-order valence-electron chi connectivity index (χ0n) is 10.2. The van der Waals surface area contributed by atoms with Gasteiger partial charge in [-0.1, -0.05) is 30.3 Å². The van der Waals surface area contributed by atoms with Gasteiger partial charge in [0.1, 0.15) is 6.33 Å². The Morgan fingerprint density at radius 1 is 1.22 bits per heavy atom. The number of hydrogen-bond acceptors (Lipinski definition) is 4. The second-order valence-corrected chi connectivity index (χ2v) is 4.65. The second kappa shape index (κ2) is 4.64. The Kier molecular flexibility index (Phi) is 2.84. The van der Waals surface area contributed by atoms with E-state index in [1.165, 1.54) is 18.4 Å². The molecule has 1 aromatic heterocycles. The lowest BCUT2D eigenvalue weighted by molar-refractivity contribution is 0.777. The van der Waals surface area contributed by atoms with E-state index in [0.717, 1.165) is 12.4 Å². The molecule has 1 heterocycles. The van der Waals surface area contributed by atoms with E-state index in [2.05, 4.69) is 39.1 Å². The highest BCUT2D eigenvalue weighted by Crippen LogP contribution is 2.34. The Hall–Kier alpha value is -2.10. The SMILES string of the molecule is Nc1cncnc1N(Cc1ccccc1)C1CC1. The first-order valence-corrected chi connectivity index (χ1v) is 6.20. The largest absolute Gasteiger partial charge is 0.394 e. The molecule has 3 rings (SSSR count). The molecular formula is C14H16N4. The van der Waals surface area contributed by atoms with Crippen LogP contribution in [0.2, 0.25) is 0 Å². The number of anilines is 2. The Balaban J connectivity index is 1.87. The van der Waals surface area contributed by atoms with Gasteiger partial charge in [0.05, 0.1) is 11.9 Å². The standard InChI is InChI=1S/C14H16N4/c15-13-8-16-10-17-14(13)18(12-6-7-12)9-11-4-2-1-3-5-11/h1-5,8,10,12H,6-7,9,15H2.